The zero-order chi connectivity index (χ0) is 57.0. The smallest absolute Gasteiger partial charge is 0.216 e. The molecule has 0 aliphatic rings. The number of nitrogens with zero attached hydrogens (tertiary/aromatic N) is 3. The van der Waals surface area contributed by atoms with Gasteiger partial charge in [-0.3, -0.25) is 0 Å². The summed E-state index contributed by atoms with van der Waals surface area (Å²) in [6.45, 7) is 25.5. The van der Waals surface area contributed by atoms with Gasteiger partial charge in [-0.15, -0.1) is 47.5 Å². The van der Waals surface area contributed by atoms with Gasteiger partial charge >= 0.3 is 0 Å². The molecule has 0 N–H and O–H groups in total. The topological polar surface area (TPSA) is 51.8 Å². The van der Waals surface area contributed by atoms with E-state index in [9.17, 15) is 0 Å². The summed E-state index contributed by atoms with van der Waals surface area (Å²) in [6.07, 6.45) is 3.36. The maximum absolute atomic E-state index is 8.39. The minimum atomic E-state index is -2.38. The van der Waals surface area contributed by atoms with Crippen molar-refractivity contribution in [1.82, 2.24) is 15.0 Å². The van der Waals surface area contributed by atoms with Gasteiger partial charge in [-0.05, 0) is 139 Å². The van der Waals surface area contributed by atoms with Crippen LogP contribution in [0.5, 0.6) is 0 Å². The van der Waals surface area contributed by atoms with E-state index < -0.39 is 20.6 Å². The molecular formula is C64H75IrN3O-2. The molecule has 0 aliphatic heterocycles. The van der Waals surface area contributed by atoms with Gasteiger partial charge in [-0.25, -0.2) is 4.98 Å². The van der Waals surface area contributed by atoms with Crippen LogP contribution in [0.3, 0.4) is 0 Å². The number of hydrogen-bond donors (Lipinski definition) is 0. The zero-order valence-electron chi connectivity index (χ0n) is 52.2. The summed E-state index contributed by atoms with van der Waals surface area (Å²) in [5, 5.41) is 1.43. The average Bonchev–Trinajstić information content (AvgIpc) is 3.73. The molecule has 4 aromatic carbocycles. The average molecular weight is 1100 g/mol. The van der Waals surface area contributed by atoms with Crippen LogP contribution < -0.4 is 0 Å². The number of aryl methyl sites for hydroxylation is 3. The molecule has 0 aliphatic carbocycles. The molecule has 4 aromatic heterocycles. The summed E-state index contributed by atoms with van der Waals surface area (Å²) in [5.74, 6) is 1.53. The molecule has 1 radical (unpaired) electrons. The van der Waals surface area contributed by atoms with Crippen molar-refractivity contribution >= 4 is 22.1 Å². The number of furan rings is 1. The third kappa shape index (κ3) is 11.2. The van der Waals surface area contributed by atoms with Gasteiger partial charge in [0.2, 0.25) is 5.71 Å². The Bertz CT molecular complexity index is 3370. The van der Waals surface area contributed by atoms with E-state index in [1.165, 1.54) is 34.5 Å². The first-order chi connectivity index (χ1) is 35.7. The Morgan fingerprint density at radius 2 is 1.10 bits per heavy atom. The summed E-state index contributed by atoms with van der Waals surface area (Å²) in [6, 6.07) is 31.8. The van der Waals surface area contributed by atoms with Crippen molar-refractivity contribution < 1.29 is 36.9 Å². The molecule has 0 saturated heterocycles. The largest absolute Gasteiger partial charge is 0.486 e. The van der Waals surface area contributed by atoms with E-state index in [4.69, 9.17) is 21.7 Å². The van der Waals surface area contributed by atoms with E-state index in [0.29, 0.717) is 45.2 Å². The number of hydrogen-bond acceptors (Lipinski definition) is 4. The van der Waals surface area contributed by atoms with E-state index in [0.717, 1.165) is 50.0 Å². The van der Waals surface area contributed by atoms with E-state index in [-0.39, 0.29) is 66.2 Å². The molecule has 363 valence electrons. The van der Waals surface area contributed by atoms with Crippen molar-refractivity contribution in [2.75, 3.05) is 0 Å². The molecule has 0 amide bonds. The second kappa shape index (κ2) is 21.4. The molecule has 0 saturated carbocycles. The molecule has 0 fully saturated rings. The molecule has 0 atom stereocenters. The van der Waals surface area contributed by atoms with Gasteiger partial charge in [-0.1, -0.05) is 170 Å². The first-order valence-corrected chi connectivity index (χ1v) is 24.3. The molecule has 69 heavy (non-hydrogen) atoms. The minimum absolute atomic E-state index is 0. The van der Waals surface area contributed by atoms with Crippen molar-refractivity contribution in [3.63, 3.8) is 0 Å². The first kappa shape index (κ1) is 41.6. The van der Waals surface area contributed by atoms with Crippen LogP contribution in [0.25, 0.3) is 66.8 Å². The Morgan fingerprint density at radius 1 is 0.551 bits per heavy atom. The predicted molar refractivity (Wildman–Crippen MR) is 290 cm³/mol. The van der Waals surface area contributed by atoms with Gasteiger partial charge in [0, 0.05) is 55.9 Å². The normalized spacial score (nSPS) is 14.5. The summed E-state index contributed by atoms with van der Waals surface area (Å²) >= 11 is 0. The van der Waals surface area contributed by atoms with Crippen molar-refractivity contribution in [3.8, 4) is 44.8 Å². The Morgan fingerprint density at radius 3 is 1.58 bits per heavy atom. The molecule has 8 aromatic rings. The van der Waals surface area contributed by atoms with Gasteiger partial charge in [-0.2, -0.15) is 0 Å². The Labute approximate surface area is 441 Å². The third-order valence-corrected chi connectivity index (χ3v) is 13.1. The van der Waals surface area contributed by atoms with Crippen molar-refractivity contribution in [2.24, 2.45) is 0 Å². The monoisotopic (exact) mass is 1100 g/mol. The standard InChI is InChI=1S/C33H35N2O.C31H40N.Ir/c1-18(2)23-14-27(19(3)4)31(28(15-23)20(5)6)29-16-30(34-17-21(29)7)26-11-9-10-24-25-13-12-22(8)35-33(25)36-32(24)26;1-19(2)24-16-26(20(3)4)30(27(17-24)21(5)6)28-15-23(12-11-22(28)7)29-14-13-25(18-32-29)31(8,9)10;/h9-10,12-20H,1-8H3;11,13-21H,1-10H3;/q2*-1;/i7D3,8D3;7D3;. The first-order valence-electron chi connectivity index (χ1n) is 28.8. The number of rotatable bonds is 10. The van der Waals surface area contributed by atoms with Crippen LogP contribution in [0.15, 0.2) is 95.7 Å². The SMILES string of the molecule is [2H]C([2H])([2H])c1c[c-]c(-c2ccc(C(C)(C)C)cn2)cc1-c1c(C(C)C)cc(C(C)C)cc1C(C)C.[2H]C([2H])([2H])c1ccc2c(n1)oc1c(-c3cc(-c4c(C(C)C)cc(C(C)C)cc4C(C)C)c(C([2H])([2H])[2H])cn3)[c-]ccc12.[Ir]. The van der Waals surface area contributed by atoms with Crippen LogP contribution in [0.4, 0.5) is 0 Å². The van der Waals surface area contributed by atoms with Crippen molar-refractivity contribution in [2.45, 2.75) is 165 Å². The fourth-order valence-corrected chi connectivity index (χ4v) is 8.99. The molecule has 0 bridgehead atoms. The van der Waals surface area contributed by atoms with Gasteiger partial charge < -0.3 is 14.4 Å². The van der Waals surface area contributed by atoms with Crippen LogP contribution in [0, 0.1) is 32.7 Å². The molecule has 0 spiro atoms. The maximum atomic E-state index is 8.39. The summed E-state index contributed by atoms with van der Waals surface area (Å²) in [4.78, 5) is 13.6. The number of pyridine rings is 3. The van der Waals surface area contributed by atoms with Gasteiger partial charge in [0.25, 0.3) is 0 Å². The quantitative estimate of drug-likeness (QED) is 0.128. The molecule has 0 unspecified atom stereocenters. The second-order valence-corrected chi connectivity index (χ2v) is 21.3. The van der Waals surface area contributed by atoms with Crippen LogP contribution in [-0.2, 0) is 25.5 Å². The second-order valence-electron chi connectivity index (χ2n) is 21.3. The Balaban J connectivity index is 0.000000254. The number of fused-ring (bicyclic) bond motifs is 3. The van der Waals surface area contributed by atoms with Crippen molar-refractivity contribution in [1.29, 1.82) is 0 Å². The van der Waals surface area contributed by atoms with E-state index in [1.807, 2.05) is 30.5 Å². The van der Waals surface area contributed by atoms with Crippen molar-refractivity contribution in [3.05, 3.63) is 159 Å². The van der Waals surface area contributed by atoms with E-state index >= 15 is 0 Å². The molecule has 5 heteroatoms. The number of benzene rings is 4. The fraction of sp³-hybridized carbons (Fsp3) is 0.391. The van der Waals surface area contributed by atoms with Crippen LogP contribution in [0.2, 0.25) is 0 Å². The third-order valence-electron chi connectivity index (χ3n) is 13.1. The van der Waals surface area contributed by atoms with E-state index in [2.05, 4.69) is 156 Å². The molecule has 4 heterocycles. The van der Waals surface area contributed by atoms with Gasteiger partial charge in [0.1, 0.15) is 0 Å². The number of aromatic nitrogens is 3. The summed E-state index contributed by atoms with van der Waals surface area (Å²) in [5.41, 5.74) is 15.5. The summed E-state index contributed by atoms with van der Waals surface area (Å²) in [7, 11) is 0. The zero-order valence-corrected chi connectivity index (χ0v) is 45.6. The minimum Gasteiger partial charge on any atom is -0.486 e. The Kier molecular flexibility index (Phi) is 12.9. The van der Waals surface area contributed by atoms with Gasteiger partial charge in [0.05, 0.1) is 5.58 Å². The van der Waals surface area contributed by atoms with Crippen LogP contribution >= 0.6 is 0 Å². The summed E-state index contributed by atoms with van der Waals surface area (Å²) < 4.78 is 79.4. The molecular weight excluding hydrogens is 1020 g/mol. The Hall–Kier alpha value is -5.22. The van der Waals surface area contributed by atoms with E-state index in [1.54, 1.807) is 18.2 Å². The molecule has 4 nitrogen and oxygen atoms in total. The molecule has 8 rings (SSSR count). The van der Waals surface area contributed by atoms with Crippen LogP contribution in [-0.4, -0.2) is 15.0 Å². The van der Waals surface area contributed by atoms with Gasteiger partial charge in [0.15, 0.2) is 0 Å². The van der Waals surface area contributed by atoms with Crippen LogP contribution in [0.1, 0.15) is 207 Å². The maximum Gasteiger partial charge on any atom is 0.216 e. The predicted octanol–water partition coefficient (Wildman–Crippen LogP) is 18.7. The fourth-order valence-electron chi connectivity index (χ4n) is 8.99.